The molecule has 1 aromatic heterocycles. The maximum Gasteiger partial charge on any atom is 0.405 e. The van der Waals surface area contributed by atoms with Crippen molar-refractivity contribution >= 4 is 17.5 Å². The van der Waals surface area contributed by atoms with E-state index in [1.165, 1.54) is 13.0 Å². The second kappa shape index (κ2) is 5.72. The van der Waals surface area contributed by atoms with Crippen molar-refractivity contribution in [1.82, 2.24) is 4.98 Å². The molecule has 1 rings (SSSR count). The first kappa shape index (κ1) is 15.7. The van der Waals surface area contributed by atoms with E-state index in [1.807, 2.05) is 0 Å². The number of alkyl halides is 3. The fourth-order valence-electron chi connectivity index (χ4n) is 1.50. The Hall–Kier alpha value is -2.39. The lowest BCUT2D eigenvalue weighted by molar-refractivity contribution is -0.384. The molecule has 0 aliphatic heterocycles. The third-order valence-corrected chi connectivity index (χ3v) is 2.19. The Morgan fingerprint density at radius 2 is 2.10 bits per heavy atom. The Kier molecular flexibility index (Phi) is 4.48. The molecule has 0 aromatic carbocycles. The minimum Gasteiger partial charge on any atom is -0.480 e. The van der Waals surface area contributed by atoms with Crippen molar-refractivity contribution in [1.29, 1.82) is 0 Å². The molecule has 0 spiro atoms. The Morgan fingerprint density at radius 1 is 1.50 bits per heavy atom. The normalized spacial score (nSPS) is 11.2. The van der Waals surface area contributed by atoms with Crippen LogP contribution in [0.25, 0.3) is 0 Å². The zero-order valence-electron chi connectivity index (χ0n) is 10.2. The second-order valence-electron chi connectivity index (χ2n) is 3.92. The molecular weight excluding hydrogens is 283 g/mol. The number of nitrogens with zero attached hydrogens (tertiary/aromatic N) is 3. The van der Waals surface area contributed by atoms with Crippen LogP contribution in [0.4, 0.5) is 24.7 Å². The number of hydrogen-bond donors (Lipinski definition) is 1. The molecule has 0 saturated carbocycles. The van der Waals surface area contributed by atoms with E-state index in [9.17, 15) is 28.1 Å². The van der Waals surface area contributed by atoms with Gasteiger partial charge in [-0.1, -0.05) is 0 Å². The second-order valence-corrected chi connectivity index (χ2v) is 3.92. The van der Waals surface area contributed by atoms with E-state index in [0.717, 1.165) is 6.07 Å². The summed E-state index contributed by atoms with van der Waals surface area (Å²) < 4.78 is 37.3. The zero-order chi connectivity index (χ0) is 15.5. The van der Waals surface area contributed by atoms with E-state index in [1.54, 1.807) is 0 Å². The van der Waals surface area contributed by atoms with Gasteiger partial charge in [0.1, 0.15) is 13.1 Å². The molecule has 0 radical (unpaired) electrons. The number of aryl methyl sites for hydroxylation is 1. The van der Waals surface area contributed by atoms with Gasteiger partial charge in [0.25, 0.3) is 0 Å². The molecule has 0 saturated heterocycles. The highest BCUT2D eigenvalue weighted by atomic mass is 19.4. The summed E-state index contributed by atoms with van der Waals surface area (Å²) in [5, 5.41) is 19.4. The molecule has 1 N–H and O–H groups in total. The van der Waals surface area contributed by atoms with Crippen LogP contribution in [0.5, 0.6) is 0 Å². The van der Waals surface area contributed by atoms with Gasteiger partial charge >= 0.3 is 17.8 Å². The number of carboxylic acid groups (broad SMARTS) is 1. The van der Waals surface area contributed by atoms with Crippen LogP contribution < -0.4 is 4.90 Å². The number of rotatable bonds is 5. The van der Waals surface area contributed by atoms with E-state index in [0.29, 0.717) is 4.90 Å². The number of nitro groups is 1. The van der Waals surface area contributed by atoms with Crippen LogP contribution in [0, 0.1) is 17.0 Å². The maximum absolute atomic E-state index is 12.4. The fourth-order valence-corrected chi connectivity index (χ4v) is 1.50. The molecule has 0 aliphatic carbocycles. The topological polar surface area (TPSA) is 96.6 Å². The van der Waals surface area contributed by atoms with Gasteiger partial charge in [0.2, 0.25) is 5.82 Å². The minimum absolute atomic E-state index is 0.239. The van der Waals surface area contributed by atoms with Gasteiger partial charge in [-0.15, -0.1) is 0 Å². The van der Waals surface area contributed by atoms with Gasteiger partial charge < -0.3 is 10.0 Å². The van der Waals surface area contributed by atoms with Crippen molar-refractivity contribution in [2.75, 3.05) is 18.0 Å². The van der Waals surface area contributed by atoms with Crippen LogP contribution in [-0.2, 0) is 4.79 Å². The lowest BCUT2D eigenvalue weighted by atomic mass is 10.3. The summed E-state index contributed by atoms with van der Waals surface area (Å²) in [6.45, 7) is -1.26. The first-order valence-electron chi connectivity index (χ1n) is 5.25. The van der Waals surface area contributed by atoms with Crippen molar-refractivity contribution in [3.63, 3.8) is 0 Å². The number of aliphatic carboxylic acids is 1. The van der Waals surface area contributed by atoms with E-state index >= 15 is 0 Å². The molecule has 10 heteroatoms. The number of aromatic nitrogens is 1. The van der Waals surface area contributed by atoms with Crippen LogP contribution in [0.2, 0.25) is 0 Å². The van der Waals surface area contributed by atoms with E-state index in [4.69, 9.17) is 5.11 Å². The molecule has 1 heterocycles. The van der Waals surface area contributed by atoms with Crippen molar-refractivity contribution in [3.05, 3.63) is 27.9 Å². The average Bonchev–Trinajstić information content (AvgIpc) is 2.24. The molecule has 0 unspecified atom stereocenters. The van der Waals surface area contributed by atoms with E-state index in [2.05, 4.69) is 4.98 Å². The fraction of sp³-hybridized carbons (Fsp3) is 0.400. The van der Waals surface area contributed by atoms with Crippen LogP contribution in [0.1, 0.15) is 5.69 Å². The highest BCUT2D eigenvalue weighted by Gasteiger charge is 2.35. The highest BCUT2D eigenvalue weighted by molar-refractivity contribution is 5.75. The summed E-state index contributed by atoms with van der Waals surface area (Å²) >= 11 is 0. The number of halogens is 3. The van der Waals surface area contributed by atoms with Crippen LogP contribution in [0.15, 0.2) is 12.1 Å². The standard InChI is InChI=1S/C10H10F3N3O4/c1-6-2-3-7(16(19)20)9(14-6)15(4-8(17)18)5-10(11,12)13/h2-3H,4-5H2,1H3,(H,17,18). The Bertz CT molecular complexity index is 533. The van der Waals surface area contributed by atoms with E-state index < -0.39 is 41.7 Å². The van der Waals surface area contributed by atoms with Gasteiger partial charge in [0.15, 0.2) is 0 Å². The monoisotopic (exact) mass is 293 g/mol. The van der Waals surface area contributed by atoms with Gasteiger partial charge in [0, 0.05) is 11.8 Å². The highest BCUT2D eigenvalue weighted by Crippen LogP contribution is 2.28. The number of hydrogen-bond acceptors (Lipinski definition) is 5. The van der Waals surface area contributed by atoms with Crippen LogP contribution in [-0.4, -0.2) is 40.2 Å². The molecule has 0 bridgehead atoms. The third-order valence-electron chi connectivity index (χ3n) is 2.19. The van der Waals surface area contributed by atoms with E-state index in [-0.39, 0.29) is 5.69 Å². The van der Waals surface area contributed by atoms with Crippen molar-refractivity contribution in [3.8, 4) is 0 Å². The molecule has 0 fully saturated rings. The Morgan fingerprint density at radius 3 is 2.55 bits per heavy atom. The van der Waals surface area contributed by atoms with Gasteiger partial charge in [-0.2, -0.15) is 13.2 Å². The molecule has 110 valence electrons. The lowest BCUT2D eigenvalue weighted by Gasteiger charge is -2.22. The maximum atomic E-state index is 12.4. The van der Waals surface area contributed by atoms with Crippen LogP contribution in [0.3, 0.4) is 0 Å². The summed E-state index contributed by atoms with van der Waals surface area (Å²) in [6.07, 6.45) is -4.71. The molecular formula is C10H10F3N3O4. The minimum atomic E-state index is -4.71. The average molecular weight is 293 g/mol. The van der Waals surface area contributed by atoms with Crippen LogP contribution >= 0.6 is 0 Å². The number of anilines is 1. The Balaban J connectivity index is 3.28. The van der Waals surface area contributed by atoms with Gasteiger partial charge in [0.05, 0.1) is 4.92 Å². The number of pyridine rings is 1. The predicted octanol–water partition coefficient (Wildman–Crippen LogP) is 1.75. The van der Waals surface area contributed by atoms with Crippen molar-refractivity contribution < 1.29 is 28.0 Å². The Labute approximate surface area is 110 Å². The molecule has 7 nitrogen and oxygen atoms in total. The predicted molar refractivity (Wildman–Crippen MR) is 61.5 cm³/mol. The summed E-state index contributed by atoms with van der Waals surface area (Å²) in [7, 11) is 0. The number of carboxylic acids is 1. The first-order chi connectivity index (χ1) is 9.10. The quantitative estimate of drug-likeness (QED) is 0.656. The third kappa shape index (κ3) is 4.37. The van der Waals surface area contributed by atoms with Gasteiger partial charge in [-0.3, -0.25) is 14.9 Å². The summed E-state index contributed by atoms with van der Waals surface area (Å²) in [6, 6.07) is 2.25. The van der Waals surface area contributed by atoms with Gasteiger partial charge in [-0.25, -0.2) is 4.98 Å². The molecule has 0 atom stereocenters. The molecule has 20 heavy (non-hydrogen) atoms. The van der Waals surface area contributed by atoms with Crippen molar-refractivity contribution in [2.24, 2.45) is 0 Å². The summed E-state index contributed by atoms with van der Waals surface area (Å²) in [4.78, 5) is 24.5. The SMILES string of the molecule is Cc1ccc([N+](=O)[O-])c(N(CC(=O)O)CC(F)(F)F)n1. The number of carbonyl (C=O) groups is 1. The smallest absolute Gasteiger partial charge is 0.405 e. The summed E-state index contributed by atoms with van der Waals surface area (Å²) in [5.74, 6) is -2.17. The zero-order valence-corrected chi connectivity index (χ0v) is 10.2. The van der Waals surface area contributed by atoms with Crippen molar-refractivity contribution in [2.45, 2.75) is 13.1 Å². The molecule has 1 aromatic rings. The molecule has 0 amide bonds. The molecule has 0 aliphatic rings. The van der Waals surface area contributed by atoms with Gasteiger partial charge in [-0.05, 0) is 13.0 Å². The summed E-state index contributed by atoms with van der Waals surface area (Å²) in [5.41, 5.74) is -0.440. The lowest BCUT2D eigenvalue weighted by Crippen LogP contribution is -2.38. The first-order valence-corrected chi connectivity index (χ1v) is 5.25. The largest absolute Gasteiger partial charge is 0.480 e.